The van der Waals surface area contributed by atoms with Crippen molar-refractivity contribution in [3.63, 3.8) is 0 Å². The molecule has 0 spiro atoms. The molecule has 7 nitrogen and oxygen atoms in total. The highest BCUT2D eigenvalue weighted by Crippen LogP contribution is 2.34. The van der Waals surface area contributed by atoms with Gasteiger partial charge in [0.15, 0.2) is 0 Å². The molecule has 4 rings (SSSR count). The van der Waals surface area contributed by atoms with Crippen molar-refractivity contribution in [2.45, 2.75) is 44.8 Å². The normalized spacial score (nSPS) is 19.5. The molecular formula is C25H32FN3O4S. The summed E-state index contributed by atoms with van der Waals surface area (Å²) in [5.74, 6) is -0.0730. The van der Waals surface area contributed by atoms with Crippen molar-refractivity contribution in [1.82, 2.24) is 15.1 Å². The molecule has 1 aromatic carbocycles. The zero-order chi connectivity index (χ0) is 23.9. The van der Waals surface area contributed by atoms with Crippen LogP contribution < -0.4 is 10.1 Å². The number of carbonyl (C=O) groups is 2. The first-order chi connectivity index (χ1) is 16.5. The fourth-order valence-corrected chi connectivity index (χ4v) is 5.39. The Morgan fingerprint density at radius 1 is 1.35 bits per heavy atom. The minimum atomic E-state index is -0.367. The molecule has 1 aromatic heterocycles. The van der Waals surface area contributed by atoms with Gasteiger partial charge in [-0.2, -0.15) is 0 Å². The number of hydrogen-bond donors (Lipinski definition) is 1. The number of amides is 3. The Kier molecular flexibility index (Phi) is 8.39. The van der Waals surface area contributed by atoms with Crippen LogP contribution in [0.3, 0.4) is 0 Å². The Morgan fingerprint density at radius 3 is 3.00 bits per heavy atom. The number of ether oxygens (including phenoxy) is 2. The Hall–Kier alpha value is -2.65. The Labute approximate surface area is 203 Å². The van der Waals surface area contributed by atoms with Crippen LogP contribution in [-0.4, -0.2) is 67.2 Å². The van der Waals surface area contributed by atoms with Gasteiger partial charge in [0.1, 0.15) is 24.7 Å². The van der Waals surface area contributed by atoms with Gasteiger partial charge in [0, 0.05) is 37.2 Å². The van der Waals surface area contributed by atoms with E-state index in [1.165, 1.54) is 17.0 Å². The predicted octanol–water partition coefficient (Wildman–Crippen LogP) is 3.99. The minimum absolute atomic E-state index is 0.0225. The van der Waals surface area contributed by atoms with E-state index in [0.29, 0.717) is 32.0 Å². The summed E-state index contributed by atoms with van der Waals surface area (Å²) in [4.78, 5) is 30.9. The van der Waals surface area contributed by atoms with Crippen LogP contribution in [0.5, 0.6) is 5.75 Å². The van der Waals surface area contributed by atoms with E-state index in [0.717, 1.165) is 31.2 Å². The molecule has 2 aliphatic heterocycles. The number of hydrogen-bond acceptors (Lipinski definition) is 5. The maximum atomic E-state index is 13.6. The molecule has 2 aromatic rings. The van der Waals surface area contributed by atoms with Gasteiger partial charge in [0.05, 0.1) is 12.1 Å². The van der Waals surface area contributed by atoms with Crippen LogP contribution in [0.15, 0.2) is 35.7 Å². The van der Waals surface area contributed by atoms with Gasteiger partial charge in [-0.1, -0.05) is 13.0 Å². The van der Waals surface area contributed by atoms with E-state index in [2.05, 4.69) is 5.32 Å². The number of halogens is 1. The van der Waals surface area contributed by atoms with E-state index in [1.807, 2.05) is 18.4 Å². The zero-order valence-corrected chi connectivity index (χ0v) is 20.3. The summed E-state index contributed by atoms with van der Waals surface area (Å²) >= 11 is 1.67. The van der Waals surface area contributed by atoms with Gasteiger partial charge in [-0.05, 0) is 54.8 Å². The molecule has 2 atom stereocenters. The first-order valence-electron chi connectivity index (χ1n) is 11.9. The molecule has 2 aliphatic rings. The molecule has 184 valence electrons. The van der Waals surface area contributed by atoms with Crippen molar-refractivity contribution in [3.05, 3.63) is 52.0 Å². The van der Waals surface area contributed by atoms with Crippen LogP contribution in [0.1, 0.15) is 42.7 Å². The molecule has 0 aliphatic carbocycles. The van der Waals surface area contributed by atoms with Crippen LogP contribution >= 0.6 is 11.3 Å². The molecule has 0 bridgehead atoms. The summed E-state index contributed by atoms with van der Waals surface area (Å²) in [5.41, 5.74) is 1.06. The number of fused-ring (bicyclic) bond motifs is 1. The van der Waals surface area contributed by atoms with Gasteiger partial charge in [0.25, 0.3) is 0 Å². The van der Waals surface area contributed by atoms with Gasteiger partial charge in [-0.3, -0.25) is 4.79 Å². The number of nitrogens with one attached hydrogen (secondary N) is 1. The minimum Gasteiger partial charge on any atom is -0.491 e. The molecule has 1 fully saturated rings. The fourth-order valence-electron chi connectivity index (χ4n) is 4.46. The molecule has 3 heterocycles. The van der Waals surface area contributed by atoms with Crippen molar-refractivity contribution in [3.8, 4) is 5.75 Å². The number of benzene rings is 1. The molecule has 34 heavy (non-hydrogen) atoms. The van der Waals surface area contributed by atoms with Crippen molar-refractivity contribution in [1.29, 1.82) is 0 Å². The number of nitrogens with zero attached hydrogens (tertiary/aromatic N) is 2. The molecule has 0 saturated carbocycles. The highest BCUT2D eigenvalue weighted by Gasteiger charge is 2.34. The molecule has 1 saturated heterocycles. The summed E-state index contributed by atoms with van der Waals surface area (Å²) in [5, 5.41) is 4.92. The van der Waals surface area contributed by atoms with Gasteiger partial charge in [0.2, 0.25) is 5.91 Å². The average molecular weight is 490 g/mol. The summed E-state index contributed by atoms with van der Waals surface area (Å²) in [7, 11) is 0. The summed E-state index contributed by atoms with van der Waals surface area (Å²) in [6.07, 6.45) is 3.40. The lowest BCUT2D eigenvalue weighted by Crippen LogP contribution is -2.51. The van der Waals surface area contributed by atoms with Crippen LogP contribution in [0, 0.1) is 5.82 Å². The van der Waals surface area contributed by atoms with Crippen LogP contribution in [-0.2, 0) is 16.0 Å². The third-order valence-corrected chi connectivity index (χ3v) is 7.20. The number of urea groups is 1. The third-order valence-electron chi connectivity index (χ3n) is 6.21. The van der Waals surface area contributed by atoms with Crippen LogP contribution in [0.25, 0.3) is 0 Å². The van der Waals surface area contributed by atoms with Gasteiger partial charge < -0.3 is 24.6 Å². The monoisotopic (exact) mass is 489 g/mol. The van der Waals surface area contributed by atoms with Crippen molar-refractivity contribution < 1.29 is 23.5 Å². The average Bonchev–Trinajstić information content (AvgIpc) is 3.52. The summed E-state index contributed by atoms with van der Waals surface area (Å²) < 4.78 is 25.2. The molecule has 9 heteroatoms. The second-order valence-electron chi connectivity index (χ2n) is 8.67. The second-order valence-corrected chi connectivity index (χ2v) is 9.67. The number of rotatable bonds is 9. The summed E-state index contributed by atoms with van der Waals surface area (Å²) in [6.45, 7) is 4.37. The van der Waals surface area contributed by atoms with Gasteiger partial charge >= 0.3 is 6.03 Å². The lowest BCUT2D eigenvalue weighted by Gasteiger charge is -2.37. The first-order valence-corrected chi connectivity index (χ1v) is 12.8. The van der Waals surface area contributed by atoms with Gasteiger partial charge in [-0.15, -0.1) is 11.3 Å². The van der Waals surface area contributed by atoms with E-state index >= 15 is 0 Å². The standard InChI is InChI=1S/C25H32FN3O4S/c1-2-10-27-25(31)28(15-20-7-4-12-32-20)16-24(30)29-11-8-23-21(9-13-34-23)22(29)17-33-19-6-3-5-18(26)14-19/h3,5-6,9,13-14,20,22H,2,4,7-8,10-12,15-17H2,1H3,(H,27,31)/t20-,22-/m0/s1. The number of carbonyl (C=O) groups excluding carboxylic acids is 2. The van der Waals surface area contributed by atoms with Crippen LogP contribution in [0.4, 0.5) is 9.18 Å². The highest BCUT2D eigenvalue weighted by molar-refractivity contribution is 7.10. The quantitative estimate of drug-likeness (QED) is 0.578. The van der Waals surface area contributed by atoms with Crippen molar-refractivity contribution in [2.24, 2.45) is 0 Å². The van der Waals surface area contributed by atoms with Crippen LogP contribution in [0.2, 0.25) is 0 Å². The maximum absolute atomic E-state index is 13.6. The van der Waals surface area contributed by atoms with E-state index < -0.39 is 0 Å². The van der Waals surface area contributed by atoms with E-state index in [4.69, 9.17) is 9.47 Å². The maximum Gasteiger partial charge on any atom is 0.317 e. The Balaban J connectivity index is 1.48. The van der Waals surface area contributed by atoms with E-state index in [-0.39, 0.29) is 43.1 Å². The first kappa shape index (κ1) is 24.5. The lowest BCUT2D eigenvalue weighted by atomic mass is 10.0. The van der Waals surface area contributed by atoms with Crippen molar-refractivity contribution >= 4 is 23.3 Å². The van der Waals surface area contributed by atoms with Crippen molar-refractivity contribution in [2.75, 3.05) is 39.4 Å². The fraction of sp³-hybridized carbons (Fsp3) is 0.520. The Morgan fingerprint density at radius 2 is 2.24 bits per heavy atom. The topological polar surface area (TPSA) is 71.1 Å². The highest BCUT2D eigenvalue weighted by atomic mass is 32.1. The Bertz CT molecular complexity index is 979. The summed E-state index contributed by atoms with van der Waals surface area (Å²) in [6, 6.07) is 7.49. The molecule has 0 radical (unpaired) electrons. The lowest BCUT2D eigenvalue weighted by molar-refractivity contribution is -0.135. The van der Waals surface area contributed by atoms with E-state index in [1.54, 1.807) is 33.3 Å². The molecule has 0 unspecified atom stereocenters. The largest absolute Gasteiger partial charge is 0.491 e. The molecule has 1 N–H and O–H groups in total. The van der Waals surface area contributed by atoms with Gasteiger partial charge in [-0.25, -0.2) is 9.18 Å². The third kappa shape index (κ3) is 6.07. The SMILES string of the molecule is CCCNC(=O)N(CC(=O)N1CCc2sccc2[C@@H]1COc1cccc(F)c1)C[C@@H]1CCCO1. The molecule has 3 amide bonds. The molecular weight excluding hydrogens is 457 g/mol. The second kappa shape index (κ2) is 11.7. The number of thiophene rings is 1. The zero-order valence-electron chi connectivity index (χ0n) is 19.5. The van der Waals surface area contributed by atoms with E-state index in [9.17, 15) is 14.0 Å². The predicted molar refractivity (Wildman–Crippen MR) is 129 cm³/mol. The smallest absolute Gasteiger partial charge is 0.317 e.